The van der Waals surface area contributed by atoms with Gasteiger partial charge < -0.3 is 9.47 Å². The second-order valence-electron chi connectivity index (χ2n) is 7.37. The van der Waals surface area contributed by atoms with Crippen molar-refractivity contribution in [2.45, 2.75) is 66.1 Å². The van der Waals surface area contributed by atoms with E-state index in [9.17, 15) is 4.79 Å². The predicted molar refractivity (Wildman–Crippen MR) is 109 cm³/mol. The molecule has 0 aliphatic rings. The Morgan fingerprint density at radius 1 is 1.19 bits per heavy atom. The number of hydrogen-bond acceptors (Lipinski definition) is 1. The van der Waals surface area contributed by atoms with Crippen molar-refractivity contribution in [1.82, 2.24) is 9.47 Å². The van der Waals surface area contributed by atoms with E-state index in [1.54, 1.807) is 0 Å². The molecule has 1 aromatic heterocycles. The maximum absolute atomic E-state index is 12.8. The Morgan fingerprint density at radius 2 is 1.96 bits per heavy atom. The van der Waals surface area contributed by atoms with Crippen LogP contribution in [0.4, 0.5) is 0 Å². The highest BCUT2D eigenvalue weighted by atomic mass is 35.5. The van der Waals surface area contributed by atoms with Crippen LogP contribution >= 0.6 is 11.6 Å². The molecule has 0 spiro atoms. The van der Waals surface area contributed by atoms with E-state index in [0.29, 0.717) is 18.9 Å². The molecule has 3 nitrogen and oxygen atoms in total. The van der Waals surface area contributed by atoms with Crippen LogP contribution in [0.15, 0.2) is 42.6 Å². The Bertz CT molecular complexity index is 708. The van der Waals surface area contributed by atoms with Gasteiger partial charge in [0.1, 0.15) is 0 Å². The van der Waals surface area contributed by atoms with Gasteiger partial charge in [0, 0.05) is 35.9 Å². The molecule has 2 rings (SSSR count). The number of rotatable bonds is 9. The highest BCUT2D eigenvalue weighted by molar-refractivity contribution is 6.30. The summed E-state index contributed by atoms with van der Waals surface area (Å²) >= 11 is 6.11. The van der Waals surface area contributed by atoms with E-state index >= 15 is 0 Å². The Morgan fingerprint density at radius 3 is 2.62 bits per heavy atom. The lowest BCUT2D eigenvalue weighted by molar-refractivity contribution is -0.135. The normalized spacial score (nSPS) is 12.4. The molecule has 1 atom stereocenters. The molecule has 0 N–H and O–H groups in total. The quantitative estimate of drug-likeness (QED) is 0.548. The average molecular weight is 375 g/mol. The largest absolute Gasteiger partial charge is 0.345 e. The van der Waals surface area contributed by atoms with Crippen molar-refractivity contribution < 1.29 is 4.79 Å². The second-order valence-corrected chi connectivity index (χ2v) is 7.80. The third-order valence-electron chi connectivity index (χ3n) is 5.02. The first-order valence-electron chi connectivity index (χ1n) is 9.60. The smallest absolute Gasteiger partial charge is 0.223 e. The maximum Gasteiger partial charge on any atom is 0.223 e. The number of benzene rings is 1. The van der Waals surface area contributed by atoms with Gasteiger partial charge in [-0.25, -0.2) is 0 Å². The van der Waals surface area contributed by atoms with Crippen LogP contribution in [0.25, 0.3) is 0 Å². The topological polar surface area (TPSA) is 25.2 Å². The monoisotopic (exact) mass is 374 g/mol. The zero-order valence-electron chi connectivity index (χ0n) is 16.4. The predicted octanol–water partition coefficient (Wildman–Crippen LogP) is 5.75. The van der Waals surface area contributed by atoms with Gasteiger partial charge in [-0.15, -0.1) is 0 Å². The fraction of sp³-hybridized carbons (Fsp3) is 0.500. The minimum Gasteiger partial charge on any atom is -0.345 e. The number of amides is 1. The van der Waals surface area contributed by atoms with Crippen LogP contribution in [0.1, 0.15) is 58.2 Å². The van der Waals surface area contributed by atoms with Crippen LogP contribution in [0.3, 0.4) is 0 Å². The summed E-state index contributed by atoms with van der Waals surface area (Å²) in [5, 5.41) is 0.751. The fourth-order valence-corrected chi connectivity index (χ4v) is 3.26. The van der Waals surface area contributed by atoms with Gasteiger partial charge in [0.05, 0.1) is 6.54 Å². The third-order valence-corrected chi connectivity index (χ3v) is 5.25. The van der Waals surface area contributed by atoms with Gasteiger partial charge in [0.15, 0.2) is 0 Å². The highest BCUT2D eigenvalue weighted by Gasteiger charge is 2.23. The molecule has 0 radical (unpaired) electrons. The van der Waals surface area contributed by atoms with E-state index in [1.807, 2.05) is 23.1 Å². The fourth-order valence-electron chi connectivity index (χ4n) is 3.04. The third kappa shape index (κ3) is 5.63. The van der Waals surface area contributed by atoms with Crippen molar-refractivity contribution in [3.63, 3.8) is 0 Å². The van der Waals surface area contributed by atoms with Crippen molar-refractivity contribution >= 4 is 17.5 Å². The van der Waals surface area contributed by atoms with E-state index in [1.165, 1.54) is 0 Å². The van der Waals surface area contributed by atoms with Crippen molar-refractivity contribution in [1.29, 1.82) is 0 Å². The van der Waals surface area contributed by atoms with Gasteiger partial charge in [-0.05, 0) is 49.1 Å². The van der Waals surface area contributed by atoms with Crippen LogP contribution in [-0.2, 0) is 17.9 Å². The van der Waals surface area contributed by atoms with Gasteiger partial charge in [-0.1, -0.05) is 50.9 Å². The molecule has 0 bridgehead atoms. The molecule has 0 saturated carbocycles. The molecule has 1 heterocycles. The summed E-state index contributed by atoms with van der Waals surface area (Å²) in [6.45, 7) is 10.0. The van der Waals surface area contributed by atoms with Gasteiger partial charge >= 0.3 is 0 Å². The summed E-state index contributed by atoms with van der Waals surface area (Å²) < 4.78 is 2.21. The number of nitrogens with zero attached hydrogens (tertiary/aromatic N) is 2. The van der Waals surface area contributed by atoms with Crippen LogP contribution in [-0.4, -0.2) is 21.4 Å². The molecule has 0 aliphatic heterocycles. The molecule has 1 aromatic carbocycles. The average Bonchev–Trinajstić information content (AvgIpc) is 3.03. The zero-order valence-corrected chi connectivity index (χ0v) is 17.2. The van der Waals surface area contributed by atoms with Crippen LogP contribution in [0.5, 0.6) is 0 Å². The lowest BCUT2D eigenvalue weighted by atomic mass is 10.0. The molecular weight excluding hydrogens is 344 g/mol. The van der Waals surface area contributed by atoms with E-state index in [0.717, 1.165) is 35.7 Å². The molecule has 0 unspecified atom stereocenters. The van der Waals surface area contributed by atoms with Crippen LogP contribution < -0.4 is 0 Å². The molecule has 26 heavy (non-hydrogen) atoms. The molecule has 2 aromatic rings. The number of unbranched alkanes of at least 4 members (excludes halogenated alkanes) is 1. The summed E-state index contributed by atoms with van der Waals surface area (Å²) in [6.07, 6.45) is 4.69. The van der Waals surface area contributed by atoms with Crippen LogP contribution in [0, 0.1) is 5.92 Å². The Labute approximate surface area is 163 Å². The lowest BCUT2D eigenvalue weighted by Gasteiger charge is -2.32. The molecule has 4 heteroatoms. The number of carbonyl (C=O) groups excluding carboxylic acids is 1. The highest BCUT2D eigenvalue weighted by Crippen LogP contribution is 2.19. The molecular formula is C22H31ClN2O. The van der Waals surface area contributed by atoms with Gasteiger partial charge in [-0.3, -0.25) is 4.79 Å². The molecule has 0 aliphatic carbocycles. The Hall–Kier alpha value is -1.74. The second kappa shape index (κ2) is 9.82. The Kier molecular flexibility index (Phi) is 7.77. The summed E-state index contributed by atoms with van der Waals surface area (Å²) in [7, 11) is 0. The standard InChI is InChI=1S/C22H31ClN2O/c1-5-6-12-22(26)25(18(4)17(2)3)16-21-11-8-13-24(21)15-19-9-7-10-20(23)14-19/h7-11,13-14,17-18H,5-6,12,15-16H2,1-4H3/t18-/m0/s1. The first-order valence-corrected chi connectivity index (χ1v) is 9.98. The van der Waals surface area contributed by atoms with Gasteiger partial charge in [0.25, 0.3) is 0 Å². The Balaban J connectivity index is 2.18. The number of aromatic nitrogens is 1. The molecule has 0 fully saturated rings. The van der Waals surface area contributed by atoms with Crippen LogP contribution in [0.2, 0.25) is 5.02 Å². The summed E-state index contributed by atoms with van der Waals surface area (Å²) in [5.41, 5.74) is 2.32. The van der Waals surface area contributed by atoms with Crippen molar-refractivity contribution in [3.8, 4) is 0 Å². The minimum absolute atomic E-state index is 0.217. The van der Waals surface area contributed by atoms with E-state index < -0.39 is 0 Å². The van der Waals surface area contributed by atoms with E-state index in [-0.39, 0.29) is 11.9 Å². The minimum atomic E-state index is 0.217. The molecule has 0 saturated heterocycles. The summed E-state index contributed by atoms with van der Waals surface area (Å²) in [6, 6.07) is 12.3. The van der Waals surface area contributed by atoms with Crippen molar-refractivity contribution in [3.05, 3.63) is 58.9 Å². The zero-order chi connectivity index (χ0) is 19.1. The lowest BCUT2D eigenvalue weighted by Crippen LogP contribution is -2.41. The van der Waals surface area contributed by atoms with E-state index in [4.69, 9.17) is 11.6 Å². The number of carbonyl (C=O) groups is 1. The number of hydrogen-bond donors (Lipinski definition) is 0. The SMILES string of the molecule is CCCCC(=O)N(Cc1cccn1Cc1cccc(Cl)c1)[C@@H](C)C(C)C. The molecule has 142 valence electrons. The first-order chi connectivity index (χ1) is 12.4. The summed E-state index contributed by atoms with van der Waals surface area (Å²) in [5.74, 6) is 0.681. The van der Waals surface area contributed by atoms with E-state index in [2.05, 4.69) is 56.7 Å². The molecule has 1 amide bonds. The van der Waals surface area contributed by atoms with Gasteiger partial charge in [0.2, 0.25) is 5.91 Å². The van der Waals surface area contributed by atoms with Crippen molar-refractivity contribution in [2.24, 2.45) is 5.92 Å². The number of halogens is 1. The summed E-state index contributed by atoms with van der Waals surface area (Å²) in [4.78, 5) is 14.8. The first kappa shape index (κ1) is 20.6. The van der Waals surface area contributed by atoms with Gasteiger partial charge in [-0.2, -0.15) is 0 Å². The maximum atomic E-state index is 12.8. The van der Waals surface area contributed by atoms with Crippen molar-refractivity contribution in [2.75, 3.05) is 0 Å².